The van der Waals surface area contributed by atoms with Crippen molar-refractivity contribution in [3.05, 3.63) is 0 Å². The molecule has 0 aromatic heterocycles. The van der Waals surface area contributed by atoms with Crippen molar-refractivity contribution >= 4 is 5.91 Å². The topological polar surface area (TPSA) is 55.1 Å². The first kappa shape index (κ1) is 14.5. The number of carbonyl (C=O) groups is 1. The molecule has 3 heteroatoms. The molecular weight excluding hydrogens is 212 g/mol. The Morgan fingerprint density at radius 2 is 1.71 bits per heavy atom. The van der Waals surface area contributed by atoms with Gasteiger partial charge in [-0.1, -0.05) is 13.8 Å². The Bertz CT molecular complexity index is 218. The number of hydrogen-bond donors (Lipinski definition) is 2. The van der Waals surface area contributed by atoms with E-state index in [9.17, 15) is 4.79 Å². The van der Waals surface area contributed by atoms with Gasteiger partial charge in [-0.15, -0.1) is 0 Å². The van der Waals surface area contributed by atoms with Crippen LogP contribution in [0.2, 0.25) is 0 Å². The van der Waals surface area contributed by atoms with Gasteiger partial charge in [0.1, 0.15) is 0 Å². The van der Waals surface area contributed by atoms with Gasteiger partial charge in [0, 0.05) is 12.5 Å². The van der Waals surface area contributed by atoms with Crippen molar-refractivity contribution in [3.8, 4) is 0 Å². The van der Waals surface area contributed by atoms with Gasteiger partial charge in [0.05, 0.1) is 0 Å². The lowest BCUT2D eigenvalue weighted by Gasteiger charge is -2.28. The smallest absolute Gasteiger partial charge is 0.223 e. The average Bonchev–Trinajstić information content (AvgIpc) is 2.38. The number of rotatable bonds is 6. The molecule has 1 aliphatic carbocycles. The van der Waals surface area contributed by atoms with Crippen LogP contribution in [0.15, 0.2) is 0 Å². The van der Waals surface area contributed by atoms with E-state index in [1.165, 1.54) is 25.7 Å². The molecule has 3 nitrogen and oxygen atoms in total. The first-order valence-electron chi connectivity index (χ1n) is 7.18. The van der Waals surface area contributed by atoms with Gasteiger partial charge in [-0.25, -0.2) is 0 Å². The fraction of sp³-hybridized carbons (Fsp3) is 0.929. The number of carbonyl (C=O) groups excluding carboxylic acids is 1. The van der Waals surface area contributed by atoms with Gasteiger partial charge in [0.15, 0.2) is 0 Å². The first-order chi connectivity index (χ1) is 8.21. The van der Waals surface area contributed by atoms with Crippen LogP contribution in [0.25, 0.3) is 0 Å². The summed E-state index contributed by atoms with van der Waals surface area (Å²) >= 11 is 0. The highest BCUT2D eigenvalue weighted by molar-refractivity contribution is 5.78. The van der Waals surface area contributed by atoms with Crippen LogP contribution in [0, 0.1) is 17.8 Å². The third kappa shape index (κ3) is 4.66. The summed E-state index contributed by atoms with van der Waals surface area (Å²) in [5.74, 6) is 1.85. The number of amides is 1. The molecule has 0 atom stereocenters. The third-order valence-electron chi connectivity index (χ3n) is 4.22. The lowest BCUT2D eigenvalue weighted by Crippen LogP contribution is -2.35. The molecule has 1 saturated carbocycles. The van der Waals surface area contributed by atoms with E-state index in [1.807, 2.05) is 0 Å². The predicted octanol–water partition coefficient (Wildman–Crippen LogP) is 2.30. The van der Waals surface area contributed by atoms with Crippen molar-refractivity contribution in [2.24, 2.45) is 23.5 Å². The number of nitrogens with two attached hydrogens (primary N) is 1. The Morgan fingerprint density at radius 1 is 1.18 bits per heavy atom. The molecular formula is C14H28N2O. The van der Waals surface area contributed by atoms with Crippen LogP contribution in [0.1, 0.15) is 52.4 Å². The second kappa shape index (κ2) is 7.70. The van der Waals surface area contributed by atoms with E-state index in [0.717, 1.165) is 31.8 Å². The molecule has 1 rings (SSSR count). The van der Waals surface area contributed by atoms with Crippen LogP contribution in [0.5, 0.6) is 0 Å². The van der Waals surface area contributed by atoms with Crippen LogP contribution < -0.4 is 11.1 Å². The van der Waals surface area contributed by atoms with Crippen molar-refractivity contribution in [3.63, 3.8) is 0 Å². The van der Waals surface area contributed by atoms with Crippen molar-refractivity contribution < 1.29 is 4.79 Å². The number of nitrogens with one attached hydrogen (secondary N) is 1. The normalized spacial score (nSPS) is 24.9. The predicted molar refractivity (Wildman–Crippen MR) is 71.6 cm³/mol. The zero-order valence-electron chi connectivity index (χ0n) is 11.4. The van der Waals surface area contributed by atoms with Gasteiger partial charge in [0.2, 0.25) is 5.91 Å². The molecule has 100 valence electrons. The Morgan fingerprint density at radius 3 is 2.18 bits per heavy atom. The highest BCUT2D eigenvalue weighted by Gasteiger charge is 2.21. The maximum absolute atomic E-state index is 11.8. The Balaban J connectivity index is 2.21. The summed E-state index contributed by atoms with van der Waals surface area (Å²) < 4.78 is 0. The summed E-state index contributed by atoms with van der Waals surface area (Å²) in [4.78, 5) is 11.8. The Hall–Kier alpha value is -0.570. The molecule has 1 aliphatic rings. The second-order valence-corrected chi connectivity index (χ2v) is 5.38. The summed E-state index contributed by atoms with van der Waals surface area (Å²) in [7, 11) is 0. The van der Waals surface area contributed by atoms with Crippen molar-refractivity contribution in [2.75, 3.05) is 13.1 Å². The zero-order chi connectivity index (χ0) is 12.7. The van der Waals surface area contributed by atoms with E-state index in [2.05, 4.69) is 19.2 Å². The molecule has 0 aromatic rings. The fourth-order valence-electron chi connectivity index (χ4n) is 2.72. The Kier molecular flexibility index (Phi) is 6.56. The van der Waals surface area contributed by atoms with Gasteiger partial charge in [-0.05, 0) is 56.9 Å². The maximum Gasteiger partial charge on any atom is 0.223 e. The van der Waals surface area contributed by atoms with Crippen LogP contribution in [0.4, 0.5) is 0 Å². The zero-order valence-corrected chi connectivity index (χ0v) is 11.4. The van der Waals surface area contributed by atoms with Gasteiger partial charge in [-0.2, -0.15) is 0 Å². The lowest BCUT2D eigenvalue weighted by molar-refractivity contribution is -0.125. The van der Waals surface area contributed by atoms with Crippen molar-refractivity contribution in [1.82, 2.24) is 5.32 Å². The molecule has 0 bridgehead atoms. The van der Waals surface area contributed by atoms with Crippen LogP contribution in [-0.2, 0) is 4.79 Å². The molecule has 1 fully saturated rings. The monoisotopic (exact) mass is 240 g/mol. The highest BCUT2D eigenvalue weighted by atomic mass is 16.1. The molecule has 0 aliphatic heterocycles. The van der Waals surface area contributed by atoms with Gasteiger partial charge in [0.25, 0.3) is 0 Å². The van der Waals surface area contributed by atoms with Crippen molar-refractivity contribution in [1.29, 1.82) is 0 Å². The van der Waals surface area contributed by atoms with E-state index in [-0.39, 0.29) is 11.8 Å². The quantitative estimate of drug-likeness (QED) is 0.748. The minimum Gasteiger partial charge on any atom is -0.356 e. The molecule has 0 spiro atoms. The van der Waals surface area contributed by atoms with E-state index >= 15 is 0 Å². The van der Waals surface area contributed by atoms with E-state index in [1.54, 1.807) is 0 Å². The van der Waals surface area contributed by atoms with Crippen LogP contribution >= 0.6 is 0 Å². The lowest BCUT2D eigenvalue weighted by atomic mass is 9.82. The Labute approximate surface area is 106 Å². The summed E-state index contributed by atoms with van der Waals surface area (Å²) in [5.41, 5.74) is 5.68. The highest BCUT2D eigenvalue weighted by Crippen LogP contribution is 2.27. The third-order valence-corrected chi connectivity index (χ3v) is 4.22. The molecule has 0 heterocycles. The molecule has 0 unspecified atom stereocenters. The summed E-state index contributed by atoms with van der Waals surface area (Å²) in [6.07, 6.45) is 6.82. The minimum atomic E-state index is 0.204. The maximum atomic E-state index is 11.8. The summed E-state index contributed by atoms with van der Waals surface area (Å²) in [5, 5.41) is 3.12. The van der Waals surface area contributed by atoms with Gasteiger partial charge < -0.3 is 11.1 Å². The first-order valence-corrected chi connectivity index (χ1v) is 7.18. The van der Waals surface area contributed by atoms with E-state index in [4.69, 9.17) is 5.73 Å². The van der Waals surface area contributed by atoms with Crippen molar-refractivity contribution in [2.45, 2.75) is 52.4 Å². The molecule has 17 heavy (non-hydrogen) atoms. The van der Waals surface area contributed by atoms with Crippen LogP contribution in [0.3, 0.4) is 0 Å². The SMILES string of the molecule is CCC(CC)C(=O)NCC1CCC(CN)CC1. The second-order valence-electron chi connectivity index (χ2n) is 5.38. The molecule has 3 N–H and O–H groups in total. The van der Waals surface area contributed by atoms with E-state index in [0.29, 0.717) is 5.92 Å². The average molecular weight is 240 g/mol. The molecule has 0 aromatic carbocycles. The molecule has 1 amide bonds. The molecule has 0 saturated heterocycles. The van der Waals surface area contributed by atoms with Gasteiger partial charge >= 0.3 is 0 Å². The molecule has 0 radical (unpaired) electrons. The number of hydrogen-bond acceptors (Lipinski definition) is 2. The van der Waals surface area contributed by atoms with Gasteiger partial charge in [-0.3, -0.25) is 4.79 Å². The summed E-state index contributed by atoms with van der Waals surface area (Å²) in [6, 6.07) is 0. The summed E-state index contributed by atoms with van der Waals surface area (Å²) in [6.45, 7) is 5.86. The van der Waals surface area contributed by atoms with E-state index < -0.39 is 0 Å². The fourth-order valence-corrected chi connectivity index (χ4v) is 2.72. The minimum absolute atomic E-state index is 0.204. The largest absolute Gasteiger partial charge is 0.356 e. The standard InChI is InChI=1S/C14H28N2O/c1-3-13(4-2)14(17)16-10-12-7-5-11(9-15)6-8-12/h11-13H,3-10,15H2,1-2H3,(H,16,17). The van der Waals surface area contributed by atoms with Crippen LogP contribution in [-0.4, -0.2) is 19.0 Å².